The number of nitrogens with zero attached hydrogens (tertiary/aromatic N) is 2. The molecule has 114 valence electrons. The molecule has 0 saturated carbocycles. The van der Waals surface area contributed by atoms with Crippen LogP contribution in [-0.4, -0.2) is 25.8 Å². The second-order valence-electron chi connectivity index (χ2n) is 5.61. The molecule has 23 heavy (non-hydrogen) atoms. The standard InChI is InChI=1S/C17H16N6/c18-15(19)8-10-5-6-13-14(7-10)23-17(22-13)9-16-20-11-3-1-2-4-12(11)21-16/h1-7H,8-9H2,(H3,18,19)(H,20,21)(H,22,23). The molecule has 2 aromatic carbocycles. The number of para-hydroxylation sites is 2. The van der Waals surface area contributed by atoms with Crippen molar-refractivity contribution in [2.75, 3.05) is 0 Å². The topological polar surface area (TPSA) is 107 Å². The number of nitrogens with one attached hydrogen (secondary N) is 3. The van der Waals surface area contributed by atoms with E-state index < -0.39 is 0 Å². The van der Waals surface area contributed by atoms with Crippen LogP contribution in [0.15, 0.2) is 42.5 Å². The van der Waals surface area contributed by atoms with Crippen molar-refractivity contribution in [2.45, 2.75) is 12.8 Å². The van der Waals surface area contributed by atoms with Crippen LogP contribution in [-0.2, 0) is 12.8 Å². The van der Waals surface area contributed by atoms with Crippen molar-refractivity contribution in [2.24, 2.45) is 5.73 Å². The predicted octanol–water partition coefficient (Wildman–Crippen LogP) is 2.51. The van der Waals surface area contributed by atoms with Gasteiger partial charge in [-0.25, -0.2) is 9.97 Å². The van der Waals surface area contributed by atoms with E-state index in [1.807, 2.05) is 42.5 Å². The Labute approximate surface area is 132 Å². The van der Waals surface area contributed by atoms with Gasteiger partial charge in [0.2, 0.25) is 0 Å². The van der Waals surface area contributed by atoms with Crippen molar-refractivity contribution in [1.82, 2.24) is 19.9 Å². The number of hydrogen-bond donors (Lipinski definition) is 4. The normalized spacial score (nSPS) is 11.3. The quantitative estimate of drug-likeness (QED) is 0.343. The summed E-state index contributed by atoms with van der Waals surface area (Å²) in [6.45, 7) is 0. The highest BCUT2D eigenvalue weighted by Gasteiger charge is 2.08. The van der Waals surface area contributed by atoms with Crippen molar-refractivity contribution in [1.29, 1.82) is 5.41 Å². The molecule has 2 heterocycles. The Hall–Kier alpha value is -3.15. The summed E-state index contributed by atoms with van der Waals surface area (Å²) in [6.07, 6.45) is 1.07. The van der Waals surface area contributed by atoms with Crippen LogP contribution in [0.1, 0.15) is 17.2 Å². The Morgan fingerprint density at radius 3 is 2.39 bits per heavy atom. The van der Waals surface area contributed by atoms with Gasteiger partial charge in [-0.3, -0.25) is 5.41 Å². The van der Waals surface area contributed by atoms with E-state index in [-0.39, 0.29) is 5.84 Å². The summed E-state index contributed by atoms with van der Waals surface area (Å²) in [5, 5.41) is 7.39. The molecule has 0 aliphatic rings. The molecule has 0 saturated heterocycles. The average molecular weight is 304 g/mol. The maximum atomic E-state index is 7.39. The van der Waals surface area contributed by atoms with Crippen LogP contribution >= 0.6 is 0 Å². The highest BCUT2D eigenvalue weighted by atomic mass is 15.0. The van der Waals surface area contributed by atoms with Gasteiger partial charge in [0.25, 0.3) is 0 Å². The van der Waals surface area contributed by atoms with E-state index in [1.165, 1.54) is 0 Å². The van der Waals surface area contributed by atoms with Crippen LogP contribution < -0.4 is 5.73 Å². The first kappa shape index (κ1) is 13.5. The molecule has 0 aliphatic carbocycles. The minimum Gasteiger partial charge on any atom is -0.387 e. The molecule has 4 aromatic rings. The highest BCUT2D eigenvalue weighted by Crippen LogP contribution is 2.17. The van der Waals surface area contributed by atoms with E-state index in [4.69, 9.17) is 11.1 Å². The number of amidine groups is 1. The first-order valence-corrected chi connectivity index (χ1v) is 7.41. The van der Waals surface area contributed by atoms with Gasteiger partial charge in [-0.05, 0) is 29.8 Å². The number of nitrogens with two attached hydrogens (primary N) is 1. The van der Waals surface area contributed by atoms with E-state index in [2.05, 4.69) is 19.9 Å². The molecule has 2 aromatic heterocycles. The van der Waals surface area contributed by atoms with Crippen molar-refractivity contribution in [3.05, 3.63) is 59.7 Å². The first-order chi connectivity index (χ1) is 11.2. The number of aromatic nitrogens is 4. The van der Waals surface area contributed by atoms with Gasteiger partial charge in [-0.2, -0.15) is 0 Å². The fourth-order valence-corrected chi connectivity index (χ4v) is 2.77. The molecule has 4 rings (SSSR count). The second kappa shape index (κ2) is 5.24. The molecule has 0 atom stereocenters. The first-order valence-electron chi connectivity index (χ1n) is 7.41. The number of benzene rings is 2. The monoisotopic (exact) mass is 304 g/mol. The molecule has 0 spiro atoms. The molecule has 0 bridgehead atoms. The lowest BCUT2D eigenvalue weighted by atomic mass is 10.1. The van der Waals surface area contributed by atoms with Gasteiger partial charge in [0, 0.05) is 6.42 Å². The van der Waals surface area contributed by atoms with Crippen LogP contribution in [0.2, 0.25) is 0 Å². The minimum absolute atomic E-state index is 0.159. The Morgan fingerprint density at radius 2 is 1.65 bits per heavy atom. The molecule has 0 fully saturated rings. The van der Waals surface area contributed by atoms with Crippen LogP contribution in [0.4, 0.5) is 0 Å². The molecule has 0 unspecified atom stereocenters. The number of hydrogen-bond acceptors (Lipinski definition) is 3. The summed E-state index contributed by atoms with van der Waals surface area (Å²) in [4.78, 5) is 15.8. The van der Waals surface area contributed by atoms with Crippen molar-refractivity contribution in [3.63, 3.8) is 0 Å². The minimum atomic E-state index is 0.159. The fourth-order valence-electron chi connectivity index (χ4n) is 2.77. The zero-order valence-corrected chi connectivity index (χ0v) is 12.4. The predicted molar refractivity (Wildman–Crippen MR) is 90.6 cm³/mol. The summed E-state index contributed by atoms with van der Waals surface area (Å²) in [5.74, 6) is 1.90. The summed E-state index contributed by atoms with van der Waals surface area (Å²) in [6, 6.07) is 13.9. The molecule has 6 heteroatoms. The summed E-state index contributed by atoms with van der Waals surface area (Å²) in [5.41, 5.74) is 10.3. The lowest BCUT2D eigenvalue weighted by molar-refractivity contribution is 0.960. The largest absolute Gasteiger partial charge is 0.387 e. The van der Waals surface area contributed by atoms with Crippen LogP contribution in [0.3, 0.4) is 0 Å². The summed E-state index contributed by atoms with van der Waals surface area (Å²) < 4.78 is 0. The van der Waals surface area contributed by atoms with E-state index in [1.54, 1.807) is 0 Å². The number of rotatable bonds is 4. The number of H-pyrrole nitrogens is 2. The van der Waals surface area contributed by atoms with Crippen molar-refractivity contribution >= 4 is 27.9 Å². The molecular formula is C17H16N6. The van der Waals surface area contributed by atoms with Gasteiger partial charge in [0.1, 0.15) is 11.6 Å². The van der Waals surface area contributed by atoms with E-state index in [0.717, 1.165) is 39.3 Å². The van der Waals surface area contributed by atoms with Gasteiger partial charge in [0.05, 0.1) is 34.3 Å². The average Bonchev–Trinajstić information content (AvgIpc) is 3.08. The van der Waals surface area contributed by atoms with Crippen molar-refractivity contribution in [3.8, 4) is 0 Å². The molecule has 0 aliphatic heterocycles. The number of fused-ring (bicyclic) bond motifs is 2. The van der Waals surface area contributed by atoms with Gasteiger partial charge >= 0.3 is 0 Å². The third kappa shape index (κ3) is 2.66. The maximum Gasteiger partial charge on any atom is 0.114 e. The van der Waals surface area contributed by atoms with Gasteiger partial charge < -0.3 is 15.7 Å². The molecule has 0 amide bonds. The Morgan fingerprint density at radius 1 is 0.957 bits per heavy atom. The summed E-state index contributed by atoms with van der Waals surface area (Å²) in [7, 11) is 0. The van der Waals surface area contributed by atoms with Gasteiger partial charge in [0.15, 0.2) is 0 Å². The van der Waals surface area contributed by atoms with Gasteiger partial charge in [-0.15, -0.1) is 0 Å². The van der Waals surface area contributed by atoms with Crippen LogP contribution in [0.5, 0.6) is 0 Å². The molecule has 5 N–H and O–H groups in total. The fraction of sp³-hybridized carbons (Fsp3) is 0.118. The lowest BCUT2D eigenvalue weighted by Gasteiger charge is -1.98. The second-order valence-corrected chi connectivity index (χ2v) is 5.61. The van der Waals surface area contributed by atoms with E-state index >= 15 is 0 Å². The van der Waals surface area contributed by atoms with E-state index in [9.17, 15) is 0 Å². The molecule has 0 radical (unpaired) electrons. The zero-order valence-electron chi connectivity index (χ0n) is 12.4. The Kier molecular flexibility index (Phi) is 3.08. The SMILES string of the molecule is N=C(N)Cc1ccc2nc(Cc3nc4ccccc4[nH]3)[nH]c2c1. The molecular weight excluding hydrogens is 288 g/mol. The van der Waals surface area contributed by atoms with Gasteiger partial charge in [-0.1, -0.05) is 18.2 Å². The number of aromatic amines is 2. The lowest BCUT2D eigenvalue weighted by Crippen LogP contribution is -2.12. The number of imidazole rings is 2. The molecule has 6 nitrogen and oxygen atoms in total. The van der Waals surface area contributed by atoms with Crippen LogP contribution in [0, 0.1) is 5.41 Å². The third-order valence-corrected chi connectivity index (χ3v) is 3.76. The summed E-state index contributed by atoms with van der Waals surface area (Å²) >= 11 is 0. The third-order valence-electron chi connectivity index (χ3n) is 3.76. The zero-order chi connectivity index (χ0) is 15.8. The van der Waals surface area contributed by atoms with E-state index in [0.29, 0.717) is 12.8 Å². The maximum absolute atomic E-state index is 7.39. The van der Waals surface area contributed by atoms with Crippen LogP contribution in [0.25, 0.3) is 22.1 Å². The Bertz CT molecular complexity index is 977. The Balaban J connectivity index is 1.64. The smallest absolute Gasteiger partial charge is 0.114 e. The highest BCUT2D eigenvalue weighted by molar-refractivity contribution is 5.82. The van der Waals surface area contributed by atoms with Crippen molar-refractivity contribution < 1.29 is 0 Å².